The van der Waals surface area contributed by atoms with Gasteiger partial charge in [-0.1, -0.05) is 25.1 Å². The van der Waals surface area contributed by atoms with E-state index in [0.717, 1.165) is 17.5 Å². The maximum Gasteiger partial charge on any atom is 0.335 e. The van der Waals surface area contributed by atoms with Crippen LogP contribution in [-0.4, -0.2) is 28.5 Å². The average molecular weight is 338 g/mol. The van der Waals surface area contributed by atoms with Crippen molar-refractivity contribution in [1.82, 2.24) is 10.4 Å². The number of amides is 1. The first kappa shape index (κ1) is 17.2. The minimum Gasteiger partial charge on any atom is -0.478 e. The van der Waals surface area contributed by atoms with Crippen molar-refractivity contribution in [2.75, 3.05) is 6.54 Å². The van der Waals surface area contributed by atoms with Crippen LogP contribution in [0.2, 0.25) is 0 Å². The lowest BCUT2D eigenvalue weighted by Crippen LogP contribution is -2.47. The maximum atomic E-state index is 12.5. The Hall–Kier alpha value is -2.66. The van der Waals surface area contributed by atoms with E-state index in [1.165, 1.54) is 5.56 Å². The minimum atomic E-state index is -0.915. The molecule has 1 amide bonds. The maximum absolute atomic E-state index is 12.5. The molecule has 2 aromatic rings. The van der Waals surface area contributed by atoms with Gasteiger partial charge in [0.05, 0.1) is 11.6 Å². The highest BCUT2D eigenvalue weighted by Crippen LogP contribution is 2.29. The van der Waals surface area contributed by atoms with Gasteiger partial charge in [-0.2, -0.15) is 0 Å². The van der Waals surface area contributed by atoms with Gasteiger partial charge in [-0.15, -0.1) is 0 Å². The van der Waals surface area contributed by atoms with Crippen LogP contribution >= 0.6 is 0 Å². The molecule has 1 aliphatic rings. The van der Waals surface area contributed by atoms with Gasteiger partial charge in [0.2, 0.25) is 0 Å². The molecule has 2 N–H and O–H groups in total. The lowest BCUT2D eigenvalue weighted by Gasteiger charge is -2.35. The molecule has 25 heavy (non-hydrogen) atoms. The van der Waals surface area contributed by atoms with E-state index in [1.54, 1.807) is 12.1 Å². The summed E-state index contributed by atoms with van der Waals surface area (Å²) >= 11 is 0. The Labute approximate surface area is 147 Å². The van der Waals surface area contributed by atoms with E-state index in [2.05, 4.69) is 12.3 Å². The second kappa shape index (κ2) is 7.07. The fraction of sp³-hybridized carbons (Fsp3) is 0.300. The SMILES string of the molecule is CCc1ccc(C(=O)NN2CCc3cc(C(=O)O)ccc3C2C)cc1. The molecule has 3 rings (SSSR count). The number of carbonyl (C=O) groups excluding carboxylic acids is 1. The summed E-state index contributed by atoms with van der Waals surface area (Å²) in [5.41, 5.74) is 7.21. The highest BCUT2D eigenvalue weighted by molar-refractivity contribution is 5.93. The number of hydrogen-bond donors (Lipinski definition) is 2. The Morgan fingerprint density at radius 1 is 1.16 bits per heavy atom. The first-order chi connectivity index (χ1) is 12.0. The van der Waals surface area contributed by atoms with Crippen molar-refractivity contribution in [2.24, 2.45) is 0 Å². The molecule has 1 heterocycles. The minimum absolute atomic E-state index is 0.00883. The largest absolute Gasteiger partial charge is 0.478 e. The number of carboxylic acids is 1. The predicted molar refractivity (Wildman–Crippen MR) is 95.5 cm³/mol. The summed E-state index contributed by atoms with van der Waals surface area (Å²) in [5, 5.41) is 11.0. The molecule has 1 atom stereocenters. The fourth-order valence-electron chi connectivity index (χ4n) is 3.20. The Balaban J connectivity index is 1.73. The zero-order valence-corrected chi connectivity index (χ0v) is 14.5. The summed E-state index contributed by atoms with van der Waals surface area (Å²) in [4.78, 5) is 23.6. The average Bonchev–Trinajstić information content (AvgIpc) is 2.63. The summed E-state index contributed by atoms with van der Waals surface area (Å²) in [6.45, 7) is 4.74. The molecule has 1 unspecified atom stereocenters. The van der Waals surface area contributed by atoms with E-state index in [4.69, 9.17) is 5.11 Å². The topological polar surface area (TPSA) is 69.6 Å². The van der Waals surface area contributed by atoms with E-state index >= 15 is 0 Å². The van der Waals surface area contributed by atoms with Crippen LogP contribution in [0.15, 0.2) is 42.5 Å². The monoisotopic (exact) mass is 338 g/mol. The molecule has 130 valence electrons. The number of fused-ring (bicyclic) bond motifs is 1. The Kier molecular flexibility index (Phi) is 4.86. The quantitative estimate of drug-likeness (QED) is 0.898. The predicted octanol–water partition coefficient (Wildman–Crippen LogP) is 3.21. The molecule has 5 nitrogen and oxygen atoms in total. The van der Waals surface area contributed by atoms with E-state index in [1.807, 2.05) is 42.3 Å². The lowest BCUT2D eigenvalue weighted by atomic mass is 9.93. The lowest BCUT2D eigenvalue weighted by molar-refractivity contribution is 0.0682. The molecule has 0 fully saturated rings. The van der Waals surface area contributed by atoms with Crippen LogP contribution in [0.3, 0.4) is 0 Å². The number of rotatable bonds is 4. The number of nitrogens with zero attached hydrogens (tertiary/aromatic N) is 1. The molecule has 1 aliphatic heterocycles. The smallest absolute Gasteiger partial charge is 0.335 e. The van der Waals surface area contributed by atoms with Crippen molar-refractivity contribution < 1.29 is 14.7 Å². The number of nitrogens with one attached hydrogen (secondary N) is 1. The summed E-state index contributed by atoms with van der Waals surface area (Å²) in [5.74, 6) is -1.04. The molecule has 0 saturated heterocycles. The zero-order chi connectivity index (χ0) is 18.0. The third kappa shape index (κ3) is 3.56. The van der Waals surface area contributed by atoms with Gasteiger partial charge in [0.15, 0.2) is 0 Å². The van der Waals surface area contributed by atoms with Crippen LogP contribution < -0.4 is 5.43 Å². The van der Waals surface area contributed by atoms with E-state index in [-0.39, 0.29) is 11.9 Å². The normalized spacial score (nSPS) is 17.0. The molecule has 0 aromatic heterocycles. The summed E-state index contributed by atoms with van der Waals surface area (Å²) in [7, 11) is 0. The standard InChI is InChI=1S/C20H22N2O3/c1-3-14-4-6-15(7-5-14)19(23)21-22-11-10-16-12-17(20(24)25)8-9-18(16)13(22)2/h4-9,12-13H,3,10-11H2,1-2H3,(H,21,23)(H,24,25). The van der Waals surface area contributed by atoms with Crippen molar-refractivity contribution >= 4 is 11.9 Å². The number of carbonyl (C=O) groups is 2. The first-order valence-corrected chi connectivity index (χ1v) is 8.52. The second-order valence-corrected chi connectivity index (χ2v) is 6.33. The highest BCUT2D eigenvalue weighted by atomic mass is 16.4. The van der Waals surface area contributed by atoms with Gasteiger partial charge in [-0.3, -0.25) is 10.2 Å². The molecule has 2 aromatic carbocycles. The third-order valence-electron chi connectivity index (χ3n) is 4.80. The Bertz CT molecular complexity index is 799. The van der Waals surface area contributed by atoms with E-state index in [9.17, 15) is 9.59 Å². The van der Waals surface area contributed by atoms with E-state index in [0.29, 0.717) is 24.1 Å². The van der Waals surface area contributed by atoms with Crippen LogP contribution in [0.5, 0.6) is 0 Å². The molecule has 0 aliphatic carbocycles. The molecule has 0 bridgehead atoms. The van der Waals surface area contributed by atoms with Crippen molar-refractivity contribution in [2.45, 2.75) is 32.7 Å². The Morgan fingerprint density at radius 3 is 2.48 bits per heavy atom. The second-order valence-electron chi connectivity index (χ2n) is 6.33. The third-order valence-corrected chi connectivity index (χ3v) is 4.80. The van der Waals surface area contributed by atoms with Crippen LogP contribution in [0, 0.1) is 0 Å². The van der Waals surface area contributed by atoms with Gasteiger partial charge in [0.1, 0.15) is 0 Å². The van der Waals surface area contributed by atoms with Crippen molar-refractivity contribution in [3.8, 4) is 0 Å². The molecule has 0 saturated carbocycles. The fourth-order valence-corrected chi connectivity index (χ4v) is 3.20. The summed E-state index contributed by atoms with van der Waals surface area (Å²) in [6.07, 6.45) is 1.65. The van der Waals surface area contributed by atoms with Crippen LogP contribution in [0.4, 0.5) is 0 Å². The van der Waals surface area contributed by atoms with Crippen molar-refractivity contribution in [3.05, 3.63) is 70.3 Å². The molecule has 0 spiro atoms. The van der Waals surface area contributed by atoms with Crippen LogP contribution in [0.25, 0.3) is 0 Å². The number of aromatic carboxylic acids is 1. The molecule has 0 radical (unpaired) electrons. The Morgan fingerprint density at radius 2 is 1.84 bits per heavy atom. The van der Waals surface area contributed by atoms with Gasteiger partial charge in [0.25, 0.3) is 5.91 Å². The first-order valence-electron chi connectivity index (χ1n) is 8.52. The number of hydrogen-bond acceptors (Lipinski definition) is 3. The summed E-state index contributed by atoms with van der Waals surface area (Å²) < 4.78 is 0. The zero-order valence-electron chi connectivity index (χ0n) is 14.5. The molecule has 5 heteroatoms. The number of hydrazine groups is 1. The van der Waals surface area contributed by atoms with Gasteiger partial charge in [-0.05, 0) is 60.7 Å². The van der Waals surface area contributed by atoms with Crippen molar-refractivity contribution in [3.63, 3.8) is 0 Å². The van der Waals surface area contributed by atoms with Gasteiger partial charge in [0, 0.05) is 12.1 Å². The highest BCUT2D eigenvalue weighted by Gasteiger charge is 2.26. The number of benzene rings is 2. The van der Waals surface area contributed by atoms with Gasteiger partial charge < -0.3 is 5.11 Å². The molecular formula is C20H22N2O3. The molecular weight excluding hydrogens is 316 g/mol. The van der Waals surface area contributed by atoms with Crippen molar-refractivity contribution in [1.29, 1.82) is 0 Å². The number of aryl methyl sites for hydroxylation is 1. The van der Waals surface area contributed by atoms with Gasteiger partial charge >= 0.3 is 5.97 Å². The van der Waals surface area contributed by atoms with Crippen LogP contribution in [0.1, 0.15) is 57.3 Å². The van der Waals surface area contributed by atoms with E-state index < -0.39 is 5.97 Å². The van der Waals surface area contributed by atoms with Crippen LogP contribution in [-0.2, 0) is 12.8 Å². The number of carboxylic acid groups (broad SMARTS) is 1. The summed E-state index contributed by atoms with van der Waals surface area (Å²) in [6, 6.07) is 12.8. The van der Waals surface area contributed by atoms with Gasteiger partial charge in [-0.25, -0.2) is 9.80 Å².